The molecule has 24 heavy (non-hydrogen) atoms. The van der Waals surface area contributed by atoms with E-state index < -0.39 is 0 Å². The fourth-order valence-corrected chi connectivity index (χ4v) is 2.32. The second-order valence-corrected chi connectivity index (χ2v) is 6.01. The molecule has 0 amide bonds. The summed E-state index contributed by atoms with van der Waals surface area (Å²) in [5.74, 6) is 0.759. The van der Waals surface area contributed by atoms with Gasteiger partial charge in [0.2, 0.25) is 0 Å². The van der Waals surface area contributed by atoms with Crippen LogP contribution in [0.5, 0.6) is 0 Å². The molecule has 2 rings (SSSR count). The Balaban J connectivity index is 1.72. The Morgan fingerprint density at radius 1 is 1.12 bits per heavy atom. The number of hydrogen-bond donors (Lipinski definition) is 2. The zero-order chi connectivity index (χ0) is 17.2. The number of guanidine groups is 1. The SMILES string of the molecule is CCc1cccc(NC(N)=NCC(C)COCc2ccccc2)c1. The normalized spacial score (nSPS) is 12.8. The van der Waals surface area contributed by atoms with E-state index in [0.717, 1.165) is 12.1 Å². The third-order valence-electron chi connectivity index (χ3n) is 3.69. The van der Waals surface area contributed by atoms with E-state index in [1.807, 2.05) is 30.3 Å². The standard InChI is InChI=1S/C20H27N3O/c1-3-17-10-7-11-19(12-17)23-20(21)22-13-16(2)14-24-15-18-8-5-4-6-9-18/h4-12,16H,3,13-15H2,1-2H3,(H3,21,22,23). The molecule has 4 nitrogen and oxygen atoms in total. The largest absolute Gasteiger partial charge is 0.376 e. The van der Waals surface area contributed by atoms with E-state index >= 15 is 0 Å². The topological polar surface area (TPSA) is 59.6 Å². The number of nitrogens with two attached hydrogens (primary N) is 1. The van der Waals surface area contributed by atoms with Crippen molar-refractivity contribution in [2.75, 3.05) is 18.5 Å². The number of rotatable bonds is 8. The van der Waals surface area contributed by atoms with Crippen LogP contribution in [0.4, 0.5) is 5.69 Å². The Hall–Kier alpha value is -2.33. The lowest BCUT2D eigenvalue weighted by molar-refractivity contribution is 0.0945. The van der Waals surface area contributed by atoms with Gasteiger partial charge in [-0.2, -0.15) is 0 Å². The molecule has 0 heterocycles. The zero-order valence-electron chi connectivity index (χ0n) is 14.5. The molecule has 2 aromatic carbocycles. The molecule has 1 unspecified atom stereocenters. The lowest BCUT2D eigenvalue weighted by Gasteiger charge is -2.11. The van der Waals surface area contributed by atoms with E-state index in [1.165, 1.54) is 11.1 Å². The van der Waals surface area contributed by atoms with Gasteiger partial charge in [-0.25, -0.2) is 0 Å². The van der Waals surface area contributed by atoms with Gasteiger partial charge in [0, 0.05) is 12.2 Å². The molecule has 3 N–H and O–H groups in total. The van der Waals surface area contributed by atoms with E-state index in [-0.39, 0.29) is 0 Å². The number of ether oxygens (including phenoxy) is 1. The number of nitrogens with one attached hydrogen (secondary N) is 1. The van der Waals surface area contributed by atoms with Crippen LogP contribution in [0, 0.1) is 5.92 Å². The number of aryl methyl sites for hydroxylation is 1. The second kappa shape index (κ2) is 9.73. The quantitative estimate of drug-likeness (QED) is 0.573. The van der Waals surface area contributed by atoms with Crippen molar-refractivity contribution in [1.29, 1.82) is 0 Å². The van der Waals surface area contributed by atoms with Gasteiger partial charge in [0.15, 0.2) is 5.96 Å². The van der Waals surface area contributed by atoms with Crippen LogP contribution in [0.1, 0.15) is 25.0 Å². The highest BCUT2D eigenvalue weighted by Gasteiger charge is 2.03. The van der Waals surface area contributed by atoms with Crippen LogP contribution in [0.3, 0.4) is 0 Å². The van der Waals surface area contributed by atoms with E-state index in [9.17, 15) is 0 Å². The number of hydrogen-bond acceptors (Lipinski definition) is 2. The highest BCUT2D eigenvalue weighted by Crippen LogP contribution is 2.10. The predicted octanol–water partition coefficient (Wildman–Crippen LogP) is 3.83. The fourth-order valence-electron chi connectivity index (χ4n) is 2.32. The molecule has 4 heteroatoms. The third-order valence-corrected chi connectivity index (χ3v) is 3.69. The maximum Gasteiger partial charge on any atom is 0.193 e. The molecule has 128 valence electrons. The van der Waals surface area contributed by atoms with Crippen LogP contribution >= 0.6 is 0 Å². The first-order valence-corrected chi connectivity index (χ1v) is 8.45. The van der Waals surface area contributed by atoms with Gasteiger partial charge in [-0.15, -0.1) is 0 Å². The Labute approximate surface area is 144 Å². The predicted molar refractivity (Wildman–Crippen MR) is 101 cm³/mol. The molecule has 0 radical (unpaired) electrons. The van der Waals surface area contributed by atoms with Crippen LogP contribution in [-0.2, 0) is 17.8 Å². The molecular weight excluding hydrogens is 298 g/mol. The number of benzene rings is 2. The summed E-state index contributed by atoms with van der Waals surface area (Å²) in [6, 6.07) is 18.4. The molecule has 0 saturated carbocycles. The van der Waals surface area contributed by atoms with Crippen molar-refractivity contribution >= 4 is 11.6 Å². The molecule has 1 atom stereocenters. The summed E-state index contributed by atoms with van der Waals surface area (Å²) in [5.41, 5.74) is 9.40. The van der Waals surface area contributed by atoms with Crippen LogP contribution in [-0.4, -0.2) is 19.1 Å². The highest BCUT2D eigenvalue weighted by molar-refractivity contribution is 5.92. The van der Waals surface area contributed by atoms with E-state index in [2.05, 4.69) is 48.4 Å². The maximum atomic E-state index is 5.96. The first-order valence-electron chi connectivity index (χ1n) is 8.45. The van der Waals surface area contributed by atoms with Gasteiger partial charge in [-0.05, 0) is 35.6 Å². The van der Waals surface area contributed by atoms with Crippen molar-refractivity contribution < 1.29 is 4.74 Å². The molecule has 0 aromatic heterocycles. The first kappa shape index (κ1) is 18.0. The summed E-state index contributed by atoms with van der Waals surface area (Å²) in [6.45, 7) is 6.18. The van der Waals surface area contributed by atoms with Gasteiger partial charge in [0.25, 0.3) is 0 Å². The summed E-state index contributed by atoms with van der Waals surface area (Å²) in [6.07, 6.45) is 1.00. The van der Waals surface area contributed by atoms with E-state index in [1.54, 1.807) is 0 Å². The average Bonchev–Trinajstić information content (AvgIpc) is 2.61. The fraction of sp³-hybridized carbons (Fsp3) is 0.350. The van der Waals surface area contributed by atoms with Crippen molar-refractivity contribution in [3.63, 3.8) is 0 Å². The summed E-state index contributed by atoms with van der Waals surface area (Å²) in [7, 11) is 0. The second-order valence-electron chi connectivity index (χ2n) is 6.01. The monoisotopic (exact) mass is 325 g/mol. The lowest BCUT2D eigenvalue weighted by atomic mass is 10.1. The average molecular weight is 325 g/mol. The molecule has 0 aliphatic rings. The first-order chi connectivity index (χ1) is 11.7. The summed E-state index contributed by atoms with van der Waals surface area (Å²) >= 11 is 0. The summed E-state index contributed by atoms with van der Waals surface area (Å²) < 4.78 is 5.73. The zero-order valence-corrected chi connectivity index (χ0v) is 14.5. The Morgan fingerprint density at radius 3 is 2.62 bits per heavy atom. The van der Waals surface area contributed by atoms with Crippen LogP contribution < -0.4 is 11.1 Å². The Morgan fingerprint density at radius 2 is 1.88 bits per heavy atom. The number of nitrogens with zero attached hydrogens (tertiary/aromatic N) is 1. The minimum absolute atomic E-state index is 0.316. The smallest absolute Gasteiger partial charge is 0.193 e. The number of anilines is 1. The molecular formula is C20H27N3O. The van der Waals surface area contributed by atoms with Gasteiger partial charge in [-0.1, -0.05) is 56.3 Å². The molecule has 0 aliphatic carbocycles. The van der Waals surface area contributed by atoms with E-state index in [4.69, 9.17) is 10.5 Å². The molecule has 0 fully saturated rings. The van der Waals surface area contributed by atoms with Gasteiger partial charge in [0.1, 0.15) is 0 Å². The Bertz CT molecular complexity index is 640. The van der Waals surface area contributed by atoms with Crippen molar-refractivity contribution in [2.45, 2.75) is 26.9 Å². The van der Waals surface area contributed by atoms with Gasteiger partial charge in [0.05, 0.1) is 13.2 Å². The van der Waals surface area contributed by atoms with Gasteiger partial charge >= 0.3 is 0 Å². The minimum Gasteiger partial charge on any atom is -0.376 e. The molecule has 0 saturated heterocycles. The van der Waals surface area contributed by atoms with Gasteiger partial charge < -0.3 is 15.8 Å². The highest BCUT2D eigenvalue weighted by atomic mass is 16.5. The molecule has 0 aliphatic heterocycles. The van der Waals surface area contributed by atoms with E-state index in [0.29, 0.717) is 31.6 Å². The third kappa shape index (κ3) is 6.42. The van der Waals surface area contributed by atoms with Gasteiger partial charge in [-0.3, -0.25) is 4.99 Å². The maximum absolute atomic E-state index is 5.96. The van der Waals surface area contributed by atoms with Crippen molar-refractivity contribution in [3.8, 4) is 0 Å². The van der Waals surface area contributed by atoms with Crippen LogP contribution in [0.2, 0.25) is 0 Å². The summed E-state index contributed by atoms with van der Waals surface area (Å²) in [4.78, 5) is 4.40. The van der Waals surface area contributed by atoms with Crippen molar-refractivity contribution in [1.82, 2.24) is 0 Å². The molecule has 0 spiro atoms. The lowest BCUT2D eigenvalue weighted by Crippen LogP contribution is -2.24. The van der Waals surface area contributed by atoms with Crippen molar-refractivity contribution in [3.05, 3.63) is 65.7 Å². The van der Waals surface area contributed by atoms with Crippen molar-refractivity contribution in [2.24, 2.45) is 16.6 Å². The number of aliphatic imine (C=N–C) groups is 1. The molecule has 2 aromatic rings. The Kier molecular flexibility index (Phi) is 7.30. The molecule has 0 bridgehead atoms. The van der Waals surface area contributed by atoms with Crippen LogP contribution in [0.25, 0.3) is 0 Å². The summed E-state index contributed by atoms with van der Waals surface area (Å²) in [5, 5.41) is 3.14. The van der Waals surface area contributed by atoms with Crippen LogP contribution in [0.15, 0.2) is 59.6 Å². The minimum atomic E-state index is 0.316.